The Morgan fingerprint density at radius 1 is 1.40 bits per heavy atom. The van der Waals surface area contributed by atoms with Crippen LogP contribution in [-0.2, 0) is 9.53 Å². The van der Waals surface area contributed by atoms with E-state index in [-0.39, 0.29) is 12.5 Å². The monoisotopic (exact) mass is 295 g/mol. The van der Waals surface area contributed by atoms with Crippen LogP contribution in [-0.4, -0.2) is 36.5 Å². The fourth-order valence-electron chi connectivity index (χ4n) is 1.83. The first-order valence-corrected chi connectivity index (χ1v) is 7.33. The molecule has 0 unspecified atom stereocenters. The van der Waals surface area contributed by atoms with Crippen LogP contribution >= 0.6 is 11.3 Å². The maximum Gasteiger partial charge on any atom is 0.339 e. The molecule has 0 fully saturated rings. The van der Waals surface area contributed by atoms with Crippen molar-refractivity contribution in [1.82, 2.24) is 4.90 Å². The molecule has 0 atom stereocenters. The van der Waals surface area contributed by atoms with Crippen LogP contribution in [0, 0.1) is 13.8 Å². The summed E-state index contributed by atoms with van der Waals surface area (Å²) in [6, 6.07) is 1.79. The van der Waals surface area contributed by atoms with Crippen molar-refractivity contribution in [2.24, 2.45) is 0 Å². The van der Waals surface area contributed by atoms with E-state index in [1.165, 1.54) is 0 Å². The third kappa shape index (κ3) is 4.49. The summed E-state index contributed by atoms with van der Waals surface area (Å²) < 4.78 is 5.10. The minimum absolute atomic E-state index is 0.201. The van der Waals surface area contributed by atoms with E-state index < -0.39 is 5.97 Å². The summed E-state index contributed by atoms with van der Waals surface area (Å²) in [5.41, 5.74) is 1.44. The van der Waals surface area contributed by atoms with Crippen molar-refractivity contribution in [2.45, 2.75) is 27.7 Å². The second kappa shape index (κ2) is 7.24. The average Bonchev–Trinajstić information content (AvgIpc) is 2.71. The first-order chi connectivity index (χ1) is 9.35. The Bertz CT molecular complexity index is 519. The molecular weight excluding hydrogens is 274 g/mol. The number of esters is 1. The molecule has 0 aromatic carbocycles. The smallest absolute Gasteiger partial charge is 0.339 e. The second-order valence-electron chi connectivity index (χ2n) is 4.77. The van der Waals surface area contributed by atoms with Crippen LogP contribution in [0.4, 0.5) is 0 Å². The lowest BCUT2D eigenvalue weighted by Crippen LogP contribution is -2.35. The van der Waals surface area contributed by atoms with Gasteiger partial charge in [0.15, 0.2) is 6.61 Å². The van der Waals surface area contributed by atoms with Crippen molar-refractivity contribution in [1.29, 1.82) is 0 Å². The van der Waals surface area contributed by atoms with E-state index in [9.17, 15) is 9.59 Å². The zero-order valence-corrected chi connectivity index (χ0v) is 13.3. The van der Waals surface area contributed by atoms with Gasteiger partial charge in [0.2, 0.25) is 0 Å². The van der Waals surface area contributed by atoms with Crippen LogP contribution in [0.25, 0.3) is 0 Å². The van der Waals surface area contributed by atoms with Crippen LogP contribution in [0.2, 0.25) is 0 Å². The SMILES string of the molecule is C=C(C)CN(CC)C(=O)COC(=O)c1cc(C)sc1C. The van der Waals surface area contributed by atoms with Gasteiger partial charge in [-0.2, -0.15) is 0 Å². The quantitative estimate of drug-likeness (QED) is 0.599. The zero-order valence-electron chi connectivity index (χ0n) is 12.5. The number of amides is 1. The highest BCUT2D eigenvalue weighted by Gasteiger charge is 2.17. The Kier molecular flexibility index (Phi) is 5.95. The lowest BCUT2D eigenvalue weighted by Gasteiger charge is -2.20. The van der Waals surface area contributed by atoms with E-state index in [1.807, 2.05) is 27.7 Å². The molecule has 1 heterocycles. The maximum absolute atomic E-state index is 11.9. The van der Waals surface area contributed by atoms with Crippen LogP contribution < -0.4 is 0 Å². The van der Waals surface area contributed by atoms with E-state index in [2.05, 4.69) is 6.58 Å². The van der Waals surface area contributed by atoms with Gasteiger partial charge in [0.25, 0.3) is 5.91 Å². The average molecular weight is 295 g/mol. The molecular formula is C15H21NO3S. The van der Waals surface area contributed by atoms with Gasteiger partial charge in [0.05, 0.1) is 5.56 Å². The normalized spacial score (nSPS) is 10.2. The Balaban J connectivity index is 2.58. The van der Waals surface area contributed by atoms with E-state index in [1.54, 1.807) is 22.3 Å². The van der Waals surface area contributed by atoms with Crippen molar-refractivity contribution < 1.29 is 14.3 Å². The number of hydrogen-bond donors (Lipinski definition) is 0. The van der Waals surface area contributed by atoms with Gasteiger partial charge in [-0.25, -0.2) is 4.79 Å². The molecule has 4 nitrogen and oxygen atoms in total. The summed E-state index contributed by atoms with van der Waals surface area (Å²) in [5, 5.41) is 0. The molecule has 0 aliphatic heterocycles. The van der Waals surface area contributed by atoms with Crippen molar-refractivity contribution in [3.8, 4) is 0 Å². The zero-order chi connectivity index (χ0) is 15.3. The van der Waals surface area contributed by atoms with Gasteiger partial charge in [-0.1, -0.05) is 12.2 Å². The molecule has 1 amide bonds. The largest absolute Gasteiger partial charge is 0.452 e. The molecule has 0 aliphatic carbocycles. The molecule has 1 rings (SSSR count). The Hall–Kier alpha value is -1.62. The summed E-state index contributed by atoms with van der Waals surface area (Å²) in [5.74, 6) is -0.639. The summed E-state index contributed by atoms with van der Waals surface area (Å²) >= 11 is 1.54. The van der Waals surface area contributed by atoms with Gasteiger partial charge in [-0.15, -0.1) is 11.3 Å². The molecule has 0 saturated heterocycles. The summed E-state index contributed by atoms with van der Waals surface area (Å²) in [6.45, 7) is 12.2. The number of rotatable bonds is 6. The summed E-state index contributed by atoms with van der Waals surface area (Å²) in [4.78, 5) is 27.4. The Labute approximate surface area is 124 Å². The van der Waals surface area contributed by atoms with E-state index in [0.29, 0.717) is 18.7 Å². The number of thiophene rings is 1. The minimum atomic E-state index is -0.438. The molecule has 1 aromatic rings. The standard InChI is InChI=1S/C15H21NO3S/c1-6-16(8-10(2)3)14(17)9-19-15(18)13-7-11(4)20-12(13)5/h7H,2,6,8-9H2,1,3-5H3. The molecule has 20 heavy (non-hydrogen) atoms. The van der Waals surface area contributed by atoms with Crippen molar-refractivity contribution in [3.63, 3.8) is 0 Å². The lowest BCUT2D eigenvalue weighted by atomic mass is 10.2. The molecule has 5 heteroatoms. The highest BCUT2D eigenvalue weighted by atomic mass is 32.1. The van der Waals surface area contributed by atoms with E-state index in [0.717, 1.165) is 15.3 Å². The summed E-state index contributed by atoms with van der Waals surface area (Å²) in [7, 11) is 0. The van der Waals surface area contributed by atoms with Crippen LogP contribution in [0.3, 0.4) is 0 Å². The Morgan fingerprint density at radius 2 is 2.05 bits per heavy atom. The third-order valence-electron chi connectivity index (χ3n) is 2.78. The van der Waals surface area contributed by atoms with Gasteiger partial charge < -0.3 is 9.64 Å². The summed E-state index contributed by atoms with van der Waals surface area (Å²) in [6.07, 6.45) is 0. The molecule has 0 aliphatic rings. The van der Waals surface area contributed by atoms with Crippen LogP contribution in [0.5, 0.6) is 0 Å². The molecule has 0 spiro atoms. The number of aryl methyl sites for hydroxylation is 2. The first-order valence-electron chi connectivity index (χ1n) is 6.51. The minimum Gasteiger partial charge on any atom is -0.452 e. The van der Waals surface area contributed by atoms with Gasteiger partial charge in [-0.3, -0.25) is 4.79 Å². The lowest BCUT2D eigenvalue weighted by molar-refractivity contribution is -0.133. The third-order valence-corrected chi connectivity index (χ3v) is 3.75. The molecule has 0 bridgehead atoms. The number of carbonyl (C=O) groups is 2. The Morgan fingerprint density at radius 3 is 2.50 bits per heavy atom. The van der Waals surface area contributed by atoms with Crippen molar-refractivity contribution in [3.05, 3.63) is 33.5 Å². The predicted molar refractivity (Wildman–Crippen MR) is 81.1 cm³/mol. The molecule has 1 aromatic heterocycles. The maximum atomic E-state index is 11.9. The van der Waals surface area contributed by atoms with E-state index in [4.69, 9.17) is 4.74 Å². The first kappa shape index (κ1) is 16.4. The van der Waals surface area contributed by atoms with Crippen LogP contribution in [0.15, 0.2) is 18.2 Å². The topological polar surface area (TPSA) is 46.6 Å². The van der Waals surface area contributed by atoms with Gasteiger partial charge >= 0.3 is 5.97 Å². The number of ether oxygens (including phenoxy) is 1. The number of nitrogens with zero attached hydrogens (tertiary/aromatic N) is 1. The van der Waals surface area contributed by atoms with Crippen molar-refractivity contribution in [2.75, 3.05) is 19.7 Å². The van der Waals surface area contributed by atoms with Gasteiger partial charge in [0, 0.05) is 22.8 Å². The van der Waals surface area contributed by atoms with Crippen molar-refractivity contribution >= 4 is 23.2 Å². The molecule has 0 radical (unpaired) electrons. The highest BCUT2D eigenvalue weighted by molar-refractivity contribution is 7.12. The fourth-order valence-corrected chi connectivity index (χ4v) is 2.74. The number of likely N-dealkylation sites (N-methyl/N-ethyl adjacent to an activating group) is 1. The number of hydrogen-bond acceptors (Lipinski definition) is 4. The molecule has 0 N–H and O–H groups in total. The second-order valence-corrected chi connectivity index (χ2v) is 6.23. The molecule has 110 valence electrons. The van der Waals surface area contributed by atoms with E-state index >= 15 is 0 Å². The number of carbonyl (C=O) groups excluding carboxylic acids is 2. The highest BCUT2D eigenvalue weighted by Crippen LogP contribution is 2.21. The molecule has 0 saturated carbocycles. The van der Waals surface area contributed by atoms with Crippen LogP contribution in [0.1, 0.15) is 34.0 Å². The van der Waals surface area contributed by atoms with Gasteiger partial charge in [0.1, 0.15) is 0 Å². The fraction of sp³-hybridized carbons (Fsp3) is 0.467. The predicted octanol–water partition coefficient (Wildman–Crippen LogP) is 2.95. The van der Waals surface area contributed by atoms with Gasteiger partial charge in [-0.05, 0) is 33.8 Å².